The van der Waals surface area contributed by atoms with Gasteiger partial charge in [0.05, 0.1) is 12.7 Å². The van der Waals surface area contributed by atoms with Gasteiger partial charge in [0.2, 0.25) is 5.28 Å². The van der Waals surface area contributed by atoms with E-state index < -0.39 is 0 Å². The number of aromatic nitrogens is 6. The highest BCUT2D eigenvalue weighted by molar-refractivity contribution is 6.32. The van der Waals surface area contributed by atoms with Crippen LogP contribution in [0, 0.1) is 0 Å². The van der Waals surface area contributed by atoms with Crippen LogP contribution in [0.2, 0.25) is 10.4 Å². The minimum absolute atomic E-state index is 0.0488. The molecule has 0 fully saturated rings. The van der Waals surface area contributed by atoms with Crippen LogP contribution in [0.25, 0.3) is 0 Å². The number of rotatable bonds is 4. The maximum atomic E-state index is 5.76. The molecule has 0 amide bonds. The zero-order valence-electron chi connectivity index (χ0n) is 8.01. The van der Waals surface area contributed by atoms with Crippen molar-refractivity contribution in [3.63, 3.8) is 0 Å². The van der Waals surface area contributed by atoms with Crippen LogP contribution in [-0.2, 0) is 6.54 Å². The quantitative estimate of drug-likeness (QED) is 0.878. The normalized spacial score (nSPS) is 10.4. The third-order valence-corrected chi connectivity index (χ3v) is 2.14. The number of nitrogens with one attached hydrogen (secondary N) is 1. The van der Waals surface area contributed by atoms with Crippen LogP contribution >= 0.6 is 23.2 Å². The lowest BCUT2D eigenvalue weighted by Crippen LogP contribution is -2.12. The van der Waals surface area contributed by atoms with E-state index in [1.54, 1.807) is 17.1 Å². The molecule has 0 radical (unpaired) electrons. The second kappa shape index (κ2) is 5.04. The first-order chi connectivity index (χ1) is 7.75. The maximum absolute atomic E-state index is 5.76. The van der Waals surface area contributed by atoms with E-state index >= 15 is 0 Å². The van der Waals surface area contributed by atoms with Crippen molar-refractivity contribution < 1.29 is 0 Å². The fourth-order valence-corrected chi connectivity index (χ4v) is 1.32. The molecule has 84 valence electrons. The van der Waals surface area contributed by atoms with Gasteiger partial charge in [0.25, 0.3) is 0 Å². The minimum atomic E-state index is 0.0488. The average Bonchev–Trinajstić information content (AvgIpc) is 2.76. The van der Waals surface area contributed by atoms with Crippen LogP contribution in [0.1, 0.15) is 0 Å². The first-order valence-electron chi connectivity index (χ1n) is 4.39. The molecule has 2 heterocycles. The highest BCUT2D eigenvalue weighted by atomic mass is 35.5. The molecule has 0 atom stereocenters. The molecule has 2 rings (SSSR count). The van der Waals surface area contributed by atoms with Gasteiger partial charge in [-0.25, -0.2) is 0 Å². The van der Waals surface area contributed by atoms with Crippen LogP contribution in [0.4, 0.5) is 5.82 Å². The summed E-state index contributed by atoms with van der Waals surface area (Å²) < 4.78 is 1.68. The van der Waals surface area contributed by atoms with Gasteiger partial charge in [0.15, 0.2) is 11.0 Å². The van der Waals surface area contributed by atoms with Crippen molar-refractivity contribution in [2.45, 2.75) is 6.54 Å². The summed E-state index contributed by atoms with van der Waals surface area (Å²) in [4.78, 5) is 3.90. The molecular formula is C7H7Cl2N7. The van der Waals surface area contributed by atoms with Gasteiger partial charge in [0, 0.05) is 12.7 Å². The lowest BCUT2D eigenvalue weighted by atomic mass is 10.6. The van der Waals surface area contributed by atoms with Crippen LogP contribution in [0.15, 0.2) is 12.4 Å². The van der Waals surface area contributed by atoms with Gasteiger partial charge in [-0.05, 0) is 11.6 Å². The smallest absolute Gasteiger partial charge is 0.245 e. The highest BCUT2D eigenvalue weighted by Crippen LogP contribution is 2.15. The molecule has 7 nitrogen and oxygen atoms in total. The Kier molecular flexibility index (Phi) is 3.47. The molecule has 1 N–H and O–H groups in total. The Hall–Kier alpha value is -1.47. The molecule has 0 spiro atoms. The van der Waals surface area contributed by atoms with E-state index in [1.165, 1.54) is 0 Å². The van der Waals surface area contributed by atoms with E-state index in [0.717, 1.165) is 0 Å². The molecule has 9 heteroatoms. The molecule has 0 aliphatic rings. The second-order valence-corrected chi connectivity index (χ2v) is 3.51. The Morgan fingerprint density at radius 2 is 2.19 bits per heavy atom. The number of hydrogen-bond acceptors (Lipinski definition) is 6. The van der Waals surface area contributed by atoms with E-state index in [0.29, 0.717) is 18.9 Å². The largest absolute Gasteiger partial charge is 0.365 e. The standard InChI is InChI=1S/C7H7Cl2N7/c8-5-6(12-7(9)14-13-5)10-1-3-16-4-2-11-15-16/h2,4H,1,3H2,(H,10,12,14). The van der Waals surface area contributed by atoms with E-state index in [2.05, 4.69) is 30.8 Å². The number of anilines is 1. The topological polar surface area (TPSA) is 81.4 Å². The maximum Gasteiger partial charge on any atom is 0.245 e. The molecule has 16 heavy (non-hydrogen) atoms. The van der Waals surface area contributed by atoms with Crippen molar-refractivity contribution in [3.05, 3.63) is 22.8 Å². The molecule has 0 bridgehead atoms. The van der Waals surface area contributed by atoms with E-state index in [-0.39, 0.29) is 10.4 Å². The molecular weight excluding hydrogens is 253 g/mol. The van der Waals surface area contributed by atoms with Crippen molar-refractivity contribution in [3.8, 4) is 0 Å². The van der Waals surface area contributed by atoms with Crippen molar-refractivity contribution in [2.24, 2.45) is 0 Å². The molecule has 0 aromatic carbocycles. The van der Waals surface area contributed by atoms with E-state index in [1.807, 2.05) is 0 Å². The summed E-state index contributed by atoms with van der Waals surface area (Å²) in [6.07, 6.45) is 3.37. The first-order valence-corrected chi connectivity index (χ1v) is 5.15. The van der Waals surface area contributed by atoms with Crippen molar-refractivity contribution in [1.82, 2.24) is 30.2 Å². The molecule has 0 saturated heterocycles. The Bertz CT molecular complexity index is 458. The summed E-state index contributed by atoms with van der Waals surface area (Å²) in [7, 11) is 0. The molecule has 0 saturated carbocycles. The first kappa shape index (κ1) is 11.0. The summed E-state index contributed by atoms with van der Waals surface area (Å²) in [5, 5.41) is 17.8. The van der Waals surface area contributed by atoms with Crippen LogP contribution in [0.3, 0.4) is 0 Å². The number of hydrogen-bond donors (Lipinski definition) is 1. The van der Waals surface area contributed by atoms with Gasteiger partial charge in [-0.3, -0.25) is 4.68 Å². The third-order valence-electron chi connectivity index (χ3n) is 1.73. The molecule has 2 aromatic heterocycles. The Balaban J connectivity index is 1.92. The van der Waals surface area contributed by atoms with Crippen LogP contribution in [-0.4, -0.2) is 36.7 Å². The van der Waals surface area contributed by atoms with Gasteiger partial charge < -0.3 is 5.32 Å². The molecule has 2 aromatic rings. The number of nitrogens with zero attached hydrogens (tertiary/aromatic N) is 6. The van der Waals surface area contributed by atoms with Gasteiger partial charge in [0.1, 0.15) is 0 Å². The Morgan fingerprint density at radius 3 is 2.94 bits per heavy atom. The molecule has 0 unspecified atom stereocenters. The zero-order valence-corrected chi connectivity index (χ0v) is 9.52. The van der Waals surface area contributed by atoms with Gasteiger partial charge in [-0.2, -0.15) is 4.98 Å². The Morgan fingerprint density at radius 1 is 1.31 bits per heavy atom. The Labute approximate surface area is 101 Å². The van der Waals surface area contributed by atoms with Crippen LogP contribution < -0.4 is 5.32 Å². The van der Waals surface area contributed by atoms with Gasteiger partial charge in [-0.15, -0.1) is 15.3 Å². The van der Waals surface area contributed by atoms with Gasteiger partial charge in [-0.1, -0.05) is 16.8 Å². The number of halogens is 2. The molecule has 0 aliphatic heterocycles. The highest BCUT2D eigenvalue weighted by Gasteiger charge is 2.04. The predicted octanol–water partition coefficient (Wildman–Crippen LogP) is 0.882. The lowest BCUT2D eigenvalue weighted by Gasteiger charge is -2.05. The summed E-state index contributed by atoms with van der Waals surface area (Å²) in [5.41, 5.74) is 0. The summed E-state index contributed by atoms with van der Waals surface area (Å²) >= 11 is 11.3. The predicted molar refractivity (Wildman–Crippen MR) is 58.4 cm³/mol. The molecule has 0 aliphatic carbocycles. The second-order valence-electron chi connectivity index (χ2n) is 2.81. The average molecular weight is 260 g/mol. The van der Waals surface area contributed by atoms with Crippen molar-refractivity contribution in [1.29, 1.82) is 0 Å². The fourth-order valence-electron chi connectivity index (χ4n) is 1.05. The summed E-state index contributed by atoms with van der Waals surface area (Å²) in [5.74, 6) is 0.404. The van der Waals surface area contributed by atoms with Crippen LogP contribution in [0.5, 0.6) is 0 Å². The monoisotopic (exact) mass is 259 g/mol. The zero-order chi connectivity index (χ0) is 11.4. The minimum Gasteiger partial charge on any atom is -0.365 e. The summed E-state index contributed by atoms with van der Waals surface area (Å²) in [6, 6.07) is 0. The summed E-state index contributed by atoms with van der Waals surface area (Å²) in [6.45, 7) is 1.22. The lowest BCUT2D eigenvalue weighted by molar-refractivity contribution is 0.608. The van der Waals surface area contributed by atoms with E-state index in [9.17, 15) is 0 Å². The fraction of sp³-hybridized carbons (Fsp3) is 0.286. The van der Waals surface area contributed by atoms with E-state index in [4.69, 9.17) is 23.2 Å². The third kappa shape index (κ3) is 2.77. The van der Waals surface area contributed by atoms with Crippen molar-refractivity contribution >= 4 is 29.0 Å². The van der Waals surface area contributed by atoms with Crippen molar-refractivity contribution in [2.75, 3.05) is 11.9 Å². The SMILES string of the molecule is Clc1nnc(Cl)c(NCCn2ccnn2)n1. The van der Waals surface area contributed by atoms with Gasteiger partial charge >= 0.3 is 0 Å².